The maximum Gasteiger partial charge on any atom is 0.269 e. The van der Waals surface area contributed by atoms with E-state index in [0.29, 0.717) is 19.0 Å². The highest BCUT2D eigenvalue weighted by Crippen LogP contribution is 2.12. The van der Waals surface area contributed by atoms with E-state index >= 15 is 0 Å². The maximum absolute atomic E-state index is 11.3. The summed E-state index contributed by atoms with van der Waals surface area (Å²) < 4.78 is 22.7. The van der Waals surface area contributed by atoms with Crippen molar-refractivity contribution in [2.24, 2.45) is 10.1 Å². The number of non-ortho nitro benzene ring substituents is 1. The molecule has 29 heavy (non-hydrogen) atoms. The van der Waals surface area contributed by atoms with Crippen LogP contribution < -0.4 is 15.8 Å². The fraction of sp³-hybridized carbons (Fsp3) is 0.316. The average molecular weight is 420 g/mol. The van der Waals surface area contributed by atoms with Gasteiger partial charge in [-0.3, -0.25) is 10.1 Å². The number of aliphatic imine (C=N–C) groups is 1. The van der Waals surface area contributed by atoms with E-state index in [1.54, 1.807) is 24.3 Å². The Kier molecular flexibility index (Phi) is 8.10. The van der Waals surface area contributed by atoms with Crippen molar-refractivity contribution in [3.05, 3.63) is 69.8 Å². The van der Waals surface area contributed by atoms with Crippen LogP contribution in [0.4, 0.5) is 5.69 Å². The molecule has 0 radical (unpaired) electrons. The van der Waals surface area contributed by atoms with Gasteiger partial charge in [0.15, 0.2) is 5.96 Å². The molecule has 0 saturated heterocycles. The van der Waals surface area contributed by atoms with Crippen molar-refractivity contribution >= 4 is 21.7 Å². The van der Waals surface area contributed by atoms with Crippen LogP contribution in [0.5, 0.6) is 0 Å². The predicted molar refractivity (Wildman–Crippen MR) is 112 cm³/mol. The van der Waals surface area contributed by atoms with Crippen LogP contribution in [0.25, 0.3) is 0 Å². The van der Waals surface area contributed by atoms with E-state index in [1.165, 1.54) is 24.3 Å². The van der Waals surface area contributed by atoms with Crippen LogP contribution in [0, 0.1) is 10.1 Å². The molecule has 9 nitrogen and oxygen atoms in total. The van der Waals surface area contributed by atoms with Gasteiger partial charge in [0.2, 0.25) is 10.0 Å². The van der Waals surface area contributed by atoms with Crippen LogP contribution in [0.2, 0.25) is 0 Å². The van der Waals surface area contributed by atoms with Crippen molar-refractivity contribution < 1.29 is 13.3 Å². The number of nitrogens with one attached hydrogen (secondary N) is 2. The van der Waals surface area contributed by atoms with Gasteiger partial charge in [0.25, 0.3) is 5.69 Å². The van der Waals surface area contributed by atoms with E-state index in [-0.39, 0.29) is 10.6 Å². The van der Waals surface area contributed by atoms with Crippen molar-refractivity contribution in [3.8, 4) is 0 Å². The first-order valence-corrected chi connectivity index (χ1v) is 10.7. The van der Waals surface area contributed by atoms with Gasteiger partial charge >= 0.3 is 0 Å². The highest BCUT2D eigenvalue weighted by atomic mass is 32.2. The number of nitrogens with zero attached hydrogens (tertiary/aromatic N) is 2. The minimum absolute atomic E-state index is 0.0478. The molecule has 4 N–H and O–H groups in total. The molecule has 0 aliphatic heterocycles. The van der Waals surface area contributed by atoms with Gasteiger partial charge in [-0.2, -0.15) is 0 Å². The summed E-state index contributed by atoms with van der Waals surface area (Å²) in [5.74, 6) is 0.604. The van der Waals surface area contributed by atoms with Crippen molar-refractivity contribution in [3.63, 3.8) is 0 Å². The molecule has 2 aromatic rings. The first-order chi connectivity index (χ1) is 13.8. The number of hydrogen-bond donors (Lipinski definition) is 3. The van der Waals surface area contributed by atoms with Gasteiger partial charge < -0.3 is 10.6 Å². The molecule has 0 aliphatic rings. The van der Waals surface area contributed by atoms with Crippen LogP contribution in [-0.2, 0) is 23.1 Å². The van der Waals surface area contributed by atoms with E-state index in [9.17, 15) is 18.5 Å². The van der Waals surface area contributed by atoms with Crippen LogP contribution in [-0.4, -0.2) is 25.8 Å². The van der Waals surface area contributed by atoms with E-state index in [4.69, 9.17) is 5.14 Å². The second-order valence-corrected chi connectivity index (χ2v) is 7.97. The van der Waals surface area contributed by atoms with Gasteiger partial charge in [0, 0.05) is 25.2 Å². The average Bonchev–Trinajstić information content (AvgIpc) is 2.69. The quantitative estimate of drug-likeness (QED) is 0.187. The summed E-state index contributed by atoms with van der Waals surface area (Å²) in [4.78, 5) is 14.9. The van der Waals surface area contributed by atoms with E-state index in [2.05, 4.69) is 22.5 Å². The number of benzene rings is 2. The molecule has 0 aliphatic carbocycles. The Morgan fingerprint density at radius 3 is 2.24 bits per heavy atom. The molecule has 0 saturated carbocycles. The summed E-state index contributed by atoms with van der Waals surface area (Å²) in [6.07, 6.45) is 2.03. The van der Waals surface area contributed by atoms with Gasteiger partial charge in [-0.25, -0.2) is 18.5 Å². The number of guanidine groups is 1. The fourth-order valence-corrected chi connectivity index (χ4v) is 2.95. The number of rotatable bonds is 9. The number of primary sulfonamides is 1. The Morgan fingerprint density at radius 2 is 1.69 bits per heavy atom. The first-order valence-electron chi connectivity index (χ1n) is 9.17. The molecular weight excluding hydrogens is 394 g/mol. The topological polar surface area (TPSA) is 140 Å². The predicted octanol–water partition coefficient (Wildman–Crippen LogP) is 2.28. The zero-order valence-electron chi connectivity index (χ0n) is 16.2. The SMILES string of the molecule is CCCCNC(=NCc1ccc(S(N)(=O)=O)cc1)NCc1ccc([N+](=O)[O-])cc1. The van der Waals surface area contributed by atoms with Gasteiger partial charge in [-0.05, 0) is 29.7 Å². The second-order valence-electron chi connectivity index (χ2n) is 6.41. The summed E-state index contributed by atoms with van der Waals surface area (Å²) in [6, 6.07) is 12.6. The lowest BCUT2D eigenvalue weighted by Crippen LogP contribution is -2.37. The molecule has 2 rings (SSSR count). The van der Waals surface area contributed by atoms with E-state index < -0.39 is 14.9 Å². The minimum Gasteiger partial charge on any atom is -0.356 e. The number of nitrogens with two attached hydrogens (primary N) is 1. The monoisotopic (exact) mass is 419 g/mol. The first kappa shape index (κ1) is 22.3. The van der Waals surface area contributed by atoms with Crippen molar-refractivity contribution in [2.75, 3.05) is 6.54 Å². The lowest BCUT2D eigenvalue weighted by atomic mass is 10.2. The molecule has 0 amide bonds. The number of hydrogen-bond acceptors (Lipinski definition) is 5. The van der Waals surface area contributed by atoms with Crippen LogP contribution in [0.3, 0.4) is 0 Å². The Balaban J connectivity index is 2.03. The van der Waals surface area contributed by atoms with Crippen molar-refractivity contribution in [1.82, 2.24) is 10.6 Å². The van der Waals surface area contributed by atoms with Crippen LogP contribution in [0.15, 0.2) is 58.4 Å². The summed E-state index contributed by atoms with van der Waals surface area (Å²) >= 11 is 0. The fourth-order valence-electron chi connectivity index (χ4n) is 2.43. The normalized spacial score (nSPS) is 11.9. The zero-order chi connectivity index (χ0) is 21.3. The Bertz CT molecular complexity index is 942. The summed E-state index contributed by atoms with van der Waals surface area (Å²) in [5.41, 5.74) is 1.77. The Labute approximate surface area is 170 Å². The molecule has 0 fully saturated rings. The van der Waals surface area contributed by atoms with E-state index in [0.717, 1.165) is 30.5 Å². The second kappa shape index (κ2) is 10.5. The number of nitro groups is 1. The van der Waals surface area contributed by atoms with E-state index in [1.807, 2.05) is 0 Å². The Morgan fingerprint density at radius 1 is 1.07 bits per heavy atom. The molecule has 2 aromatic carbocycles. The standard InChI is InChI=1S/C19H25N5O4S/c1-2-3-12-21-19(22-13-15-4-8-17(9-5-15)24(25)26)23-14-16-6-10-18(11-7-16)29(20,27)28/h4-11H,2-3,12-14H2,1H3,(H2,20,27,28)(H2,21,22,23). The molecule has 0 heterocycles. The van der Waals surface area contributed by atoms with Crippen LogP contribution in [0.1, 0.15) is 30.9 Å². The molecule has 0 unspecified atom stereocenters. The molecule has 156 valence electrons. The molecular formula is C19H25N5O4S. The largest absolute Gasteiger partial charge is 0.356 e. The van der Waals surface area contributed by atoms with Gasteiger partial charge in [-0.1, -0.05) is 37.6 Å². The summed E-state index contributed by atoms with van der Waals surface area (Å²) in [6.45, 7) is 3.66. The Hall–Kier alpha value is -2.98. The molecule has 0 atom stereocenters. The smallest absolute Gasteiger partial charge is 0.269 e. The van der Waals surface area contributed by atoms with Crippen LogP contribution >= 0.6 is 0 Å². The molecule has 0 bridgehead atoms. The van der Waals surface area contributed by atoms with Gasteiger partial charge in [0.1, 0.15) is 0 Å². The lowest BCUT2D eigenvalue weighted by Gasteiger charge is -2.12. The highest BCUT2D eigenvalue weighted by Gasteiger charge is 2.07. The van der Waals surface area contributed by atoms with Gasteiger partial charge in [0.05, 0.1) is 16.4 Å². The third kappa shape index (κ3) is 7.51. The highest BCUT2D eigenvalue weighted by molar-refractivity contribution is 7.89. The zero-order valence-corrected chi connectivity index (χ0v) is 17.0. The van der Waals surface area contributed by atoms with Crippen molar-refractivity contribution in [2.45, 2.75) is 37.8 Å². The molecule has 0 spiro atoms. The number of unbranched alkanes of at least 4 members (excludes halogenated alkanes) is 1. The van der Waals surface area contributed by atoms with Gasteiger partial charge in [-0.15, -0.1) is 0 Å². The maximum atomic E-state index is 11.3. The molecule has 10 heteroatoms. The number of sulfonamides is 1. The third-order valence-electron chi connectivity index (χ3n) is 4.10. The summed E-state index contributed by atoms with van der Waals surface area (Å²) in [7, 11) is -3.72. The molecule has 0 aromatic heterocycles. The van der Waals surface area contributed by atoms with Crippen molar-refractivity contribution in [1.29, 1.82) is 0 Å². The third-order valence-corrected chi connectivity index (χ3v) is 5.03. The number of nitro benzene ring substituents is 1. The lowest BCUT2D eigenvalue weighted by molar-refractivity contribution is -0.384. The summed E-state index contributed by atoms with van der Waals surface area (Å²) in [5, 5.41) is 22.3. The minimum atomic E-state index is -3.72.